The van der Waals surface area contributed by atoms with Crippen molar-refractivity contribution in [3.8, 4) is 11.3 Å². The molecule has 5 heteroatoms. The first kappa shape index (κ1) is 20.2. The molecule has 0 aliphatic heterocycles. The number of rotatable bonds is 6. The van der Waals surface area contributed by atoms with Crippen LogP contribution in [0.15, 0.2) is 76.1 Å². The molecular weight excluding hydrogens is 391 g/mol. The highest BCUT2D eigenvalue weighted by molar-refractivity contribution is 6.36. The zero-order valence-corrected chi connectivity index (χ0v) is 17.3. The van der Waals surface area contributed by atoms with E-state index in [4.69, 9.17) is 27.6 Å². The van der Waals surface area contributed by atoms with Gasteiger partial charge in [0, 0.05) is 23.7 Å². The third kappa shape index (κ3) is 5.06. The number of hydrogen-bond acceptors (Lipinski definition) is 2. The second-order valence-corrected chi connectivity index (χ2v) is 7.13. The lowest BCUT2D eigenvalue weighted by molar-refractivity contribution is 0.563. The smallest absolute Gasteiger partial charge is 0.169 e. The summed E-state index contributed by atoms with van der Waals surface area (Å²) in [6.45, 7) is 2.13. The minimum absolute atomic E-state index is 0.131. The van der Waals surface area contributed by atoms with Gasteiger partial charge in [0.25, 0.3) is 0 Å². The number of hydrogen-bond donors (Lipinski definition) is 1. The van der Waals surface area contributed by atoms with E-state index in [2.05, 4.69) is 41.5 Å². The lowest BCUT2D eigenvalue weighted by Crippen LogP contribution is -2.33. The molecule has 1 aromatic heterocycles. The summed E-state index contributed by atoms with van der Waals surface area (Å²) in [5.74, 6) is 2.03. The van der Waals surface area contributed by atoms with Crippen molar-refractivity contribution in [2.75, 3.05) is 7.05 Å². The van der Waals surface area contributed by atoms with Gasteiger partial charge in [0.15, 0.2) is 11.6 Å². The summed E-state index contributed by atoms with van der Waals surface area (Å²) >= 11 is 12.3. The van der Waals surface area contributed by atoms with Crippen molar-refractivity contribution in [1.82, 2.24) is 5.32 Å². The average molecular weight is 413 g/mol. The molecule has 0 saturated heterocycles. The Hall–Kier alpha value is -2.49. The maximum Gasteiger partial charge on any atom is 0.169 e. The number of aliphatic imine (C=N–C) groups is 1. The standard InChI is InChI=1S/C23H22Cl2N2O/c1-3-18(11-9-16-7-5-4-6-8-16)27-23(26-2)22-14-13-21(28-22)19-12-10-17(24)15-20(19)25/h4-15,18H,3H2,1-2H3,(H,26,27). The maximum atomic E-state index is 6.29. The number of halogens is 2. The van der Waals surface area contributed by atoms with Crippen LogP contribution < -0.4 is 5.32 Å². The van der Waals surface area contributed by atoms with Crippen LogP contribution >= 0.6 is 23.2 Å². The number of benzene rings is 2. The van der Waals surface area contributed by atoms with E-state index in [0.717, 1.165) is 17.5 Å². The molecule has 0 bridgehead atoms. The third-order valence-electron chi connectivity index (χ3n) is 4.34. The molecule has 3 nitrogen and oxygen atoms in total. The highest BCUT2D eigenvalue weighted by Crippen LogP contribution is 2.31. The zero-order valence-electron chi connectivity index (χ0n) is 15.8. The minimum atomic E-state index is 0.131. The van der Waals surface area contributed by atoms with E-state index in [0.29, 0.717) is 27.4 Å². The van der Waals surface area contributed by atoms with Crippen LogP contribution in [0.1, 0.15) is 24.7 Å². The van der Waals surface area contributed by atoms with Crippen molar-refractivity contribution >= 4 is 35.1 Å². The normalized spacial score (nSPS) is 13.1. The van der Waals surface area contributed by atoms with E-state index >= 15 is 0 Å². The lowest BCUT2D eigenvalue weighted by Gasteiger charge is -2.15. The van der Waals surface area contributed by atoms with Gasteiger partial charge in [-0.1, -0.05) is 72.6 Å². The van der Waals surface area contributed by atoms with Gasteiger partial charge >= 0.3 is 0 Å². The summed E-state index contributed by atoms with van der Waals surface area (Å²) in [7, 11) is 1.74. The molecule has 3 aromatic rings. The second kappa shape index (κ2) is 9.63. The van der Waals surface area contributed by atoms with Crippen LogP contribution in [-0.4, -0.2) is 18.9 Å². The molecule has 144 valence electrons. The van der Waals surface area contributed by atoms with Crippen LogP contribution in [0.3, 0.4) is 0 Å². The number of furan rings is 1. The number of amidine groups is 1. The van der Waals surface area contributed by atoms with E-state index in [1.165, 1.54) is 0 Å². The van der Waals surface area contributed by atoms with E-state index in [9.17, 15) is 0 Å². The molecule has 0 saturated carbocycles. The first-order valence-corrected chi connectivity index (χ1v) is 9.88. The molecule has 0 amide bonds. The summed E-state index contributed by atoms with van der Waals surface area (Å²) in [6, 6.07) is 19.5. The van der Waals surface area contributed by atoms with E-state index < -0.39 is 0 Å². The van der Waals surface area contributed by atoms with Crippen LogP contribution in [-0.2, 0) is 0 Å². The molecule has 1 atom stereocenters. The molecule has 0 spiro atoms. The Morgan fingerprint density at radius 1 is 1.11 bits per heavy atom. The number of nitrogens with one attached hydrogen (secondary N) is 1. The zero-order chi connectivity index (χ0) is 19.9. The van der Waals surface area contributed by atoms with Crippen molar-refractivity contribution in [3.05, 3.63) is 88.1 Å². The average Bonchev–Trinajstić information content (AvgIpc) is 3.18. The molecule has 3 rings (SSSR count). The predicted molar refractivity (Wildman–Crippen MR) is 119 cm³/mol. The SMILES string of the molecule is CCC(C=Cc1ccccc1)NC(=NC)c1ccc(-c2ccc(Cl)cc2Cl)o1. The Labute approximate surface area is 175 Å². The van der Waals surface area contributed by atoms with Gasteiger partial charge in [0.05, 0.1) is 5.02 Å². The van der Waals surface area contributed by atoms with Gasteiger partial charge < -0.3 is 9.73 Å². The Bertz CT molecular complexity index is 977. The van der Waals surface area contributed by atoms with Crippen molar-refractivity contribution in [3.63, 3.8) is 0 Å². The highest BCUT2D eigenvalue weighted by Gasteiger charge is 2.14. The summed E-state index contributed by atoms with van der Waals surface area (Å²) in [6.07, 6.45) is 5.16. The molecular formula is C23H22Cl2N2O. The van der Waals surface area contributed by atoms with Crippen molar-refractivity contribution in [2.24, 2.45) is 4.99 Å². The summed E-state index contributed by atoms with van der Waals surface area (Å²) < 4.78 is 6.01. The first-order valence-electron chi connectivity index (χ1n) is 9.13. The fraction of sp³-hybridized carbons (Fsp3) is 0.174. The predicted octanol–water partition coefficient (Wildman–Crippen LogP) is 6.71. The molecule has 2 aromatic carbocycles. The summed E-state index contributed by atoms with van der Waals surface area (Å²) in [5, 5.41) is 4.59. The van der Waals surface area contributed by atoms with Crippen molar-refractivity contribution < 1.29 is 4.42 Å². The number of nitrogens with zero attached hydrogens (tertiary/aromatic N) is 1. The van der Waals surface area contributed by atoms with Crippen LogP contribution in [0, 0.1) is 0 Å². The maximum absolute atomic E-state index is 6.29. The quantitative estimate of drug-likeness (QED) is 0.360. The minimum Gasteiger partial charge on any atom is -0.453 e. The Morgan fingerprint density at radius 2 is 1.89 bits per heavy atom. The molecule has 0 radical (unpaired) electrons. The Balaban J connectivity index is 1.76. The second-order valence-electron chi connectivity index (χ2n) is 6.29. The highest BCUT2D eigenvalue weighted by atomic mass is 35.5. The monoisotopic (exact) mass is 412 g/mol. The third-order valence-corrected chi connectivity index (χ3v) is 4.89. The van der Waals surface area contributed by atoms with Gasteiger partial charge in [0.2, 0.25) is 0 Å². The molecule has 1 unspecified atom stereocenters. The van der Waals surface area contributed by atoms with E-state index in [1.54, 1.807) is 19.2 Å². The van der Waals surface area contributed by atoms with Gasteiger partial charge in [-0.15, -0.1) is 0 Å². The molecule has 1 N–H and O–H groups in total. The Morgan fingerprint density at radius 3 is 2.57 bits per heavy atom. The molecule has 28 heavy (non-hydrogen) atoms. The van der Waals surface area contributed by atoms with Crippen LogP contribution in [0.25, 0.3) is 17.4 Å². The van der Waals surface area contributed by atoms with E-state index in [-0.39, 0.29) is 6.04 Å². The molecule has 0 aliphatic carbocycles. The van der Waals surface area contributed by atoms with Crippen LogP contribution in [0.5, 0.6) is 0 Å². The lowest BCUT2D eigenvalue weighted by atomic mass is 10.1. The largest absolute Gasteiger partial charge is 0.453 e. The topological polar surface area (TPSA) is 37.5 Å². The van der Waals surface area contributed by atoms with Crippen molar-refractivity contribution in [1.29, 1.82) is 0 Å². The van der Waals surface area contributed by atoms with Gasteiger partial charge in [0.1, 0.15) is 5.76 Å². The fourth-order valence-electron chi connectivity index (χ4n) is 2.80. The van der Waals surface area contributed by atoms with E-state index in [1.807, 2.05) is 36.4 Å². The van der Waals surface area contributed by atoms with Gasteiger partial charge in [-0.25, -0.2) is 0 Å². The Kier molecular flexibility index (Phi) is 6.96. The molecule has 0 fully saturated rings. The first-order chi connectivity index (χ1) is 13.6. The molecule has 0 aliphatic rings. The summed E-state index contributed by atoms with van der Waals surface area (Å²) in [4.78, 5) is 4.37. The van der Waals surface area contributed by atoms with Gasteiger partial charge in [-0.2, -0.15) is 0 Å². The van der Waals surface area contributed by atoms with Crippen LogP contribution in [0.4, 0.5) is 0 Å². The fourth-order valence-corrected chi connectivity index (χ4v) is 3.30. The molecule has 1 heterocycles. The van der Waals surface area contributed by atoms with Crippen LogP contribution in [0.2, 0.25) is 10.0 Å². The van der Waals surface area contributed by atoms with Crippen molar-refractivity contribution in [2.45, 2.75) is 19.4 Å². The van der Waals surface area contributed by atoms with Gasteiger partial charge in [-0.3, -0.25) is 4.99 Å². The van der Waals surface area contributed by atoms with Gasteiger partial charge in [-0.05, 0) is 42.3 Å². The summed E-state index contributed by atoms with van der Waals surface area (Å²) in [5.41, 5.74) is 1.96.